The summed E-state index contributed by atoms with van der Waals surface area (Å²) in [5.74, 6) is 0.395. The third-order valence-corrected chi connectivity index (χ3v) is 6.35. The third kappa shape index (κ3) is 7.47. The number of carbonyl (C=O) groups is 2. The first-order valence-electron chi connectivity index (χ1n) is 11.0. The molecule has 1 saturated carbocycles. The number of aromatic nitrogens is 2. The van der Waals surface area contributed by atoms with E-state index in [4.69, 9.17) is 4.42 Å². The van der Waals surface area contributed by atoms with Gasteiger partial charge in [-0.2, -0.15) is 0 Å². The Balaban J connectivity index is 1.66. The van der Waals surface area contributed by atoms with Crippen LogP contribution in [0.5, 0.6) is 0 Å². The lowest BCUT2D eigenvalue weighted by atomic mass is 9.88. The Bertz CT molecular complexity index is 834. The van der Waals surface area contributed by atoms with Gasteiger partial charge < -0.3 is 14.6 Å². The summed E-state index contributed by atoms with van der Waals surface area (Å²) in [5.41, 5.74) is 1.12. The highest BCUT2D eigenvalue weighted by atomic mass is 32.2. The van der Waals surface area contributed by atoms with Gasteiger partial charge >= 0.3 is 0 Å². The molecule has 1 fully saturated rings. The maximum absolute atomic E-state index is 13.2. The third-order valence-electron chi connectivity index (χ3n) is 5.55. The van der Waals surface area contributed by atoms with Crippen molar-refractivity contribution in [2.24, 2.45) is 5.92 Å². The molecule has 2 aromatic rings. The summed E-state index contributed by atoms with van der Waals surface area (Å²) in [7, 11) is 3.99. The molecule has 0 saturated heterocycles. The van der Waals surface area contributed by atoms with Crippen molar-refractivity contribution in [1.82, 2.24) is 20.4 Å². The summed E-state index contributed by atoms with van der Waals surface area (Å²) in [6.07, 6.45) is 6.26. The zero-order chi connectivity index (χ0) is 22.1. The molecule has 1 unspecified atom stereocenters. The van der Waals surface area contributed by atoms with E-state index in [0.717, 1.165) is 43.5 Å². The van der Waals surface area contributed by atoms with Crippen molar-refractivity contribution in [2.75, 3.05) is 26.4 Å². The first-order valence-corrected chi connectivity index (χ1v) is 12.0. The Hall–Kier alpha value is -2.19. The fourth-order valence-corrected chi connectivity index (χ4v) is 4.58. The molecule has 0 radical (unpaired) electrons. The fraction of sp³-hybridized carbons (Fsp3) is 0.565. The van der Waals surface area contributed by atoms with E-state index in [-0.39, 0.29) is 23.5 Å². The minimum atomic E-state index is -0.672. The summed E-state index contributed by atoms with van der Waals surface area (Å²) in [6, 6.07) is 9.29. The highest BCUT2D eigenvalue weighted by Gasteiger charge is 2.30. The highest BCUT2D eigenvalue weighted by Crippen LogP contribution is 2.24. The fourth-order valence-electron chi connectivity index (χ4n) is 3.71. The molecule has 3 rings (SSSR count). The second kappa shape index (κ2) is 12.0. The van der Waals surface area contributed by atoms with Crippen molar-refractivity contribution >= 4 is 23.5 Å². The number of nitrogens with one attached hydrogen (secondary N) is 1. The number of thioether (sulfide) groups is 1. The molecule has 1 aromatic heterocycles. The average Bonchev–Trinajstić information content (AvgIpc) is 3.26. The van der Waals surface area contributed by atoms with E-state index >= 15 is 0 Å². The number of hydrogen-bond donors (Lipinski definition) is 1. The van der Waals surface area contributed by atoms with Crippen LogP contribution in [-0.2, 0) is 11.2 Å². The Morgan fingerprint density at radius 3 is 2.61 bits per heavy atom. The summed E-state index contributed by atoms with van der Waals surface area (Å²) in [6.45, 7) is 0.869. The quantitative estimate of drug-likeness (QED) is 0.418. The van der Waals surface area contributed by atoms with Crippen molar-refractivity contribution < 1.29 is 14.0 Å². The molecular formula is C23H32N4O3S. The highest BCUT2D eigenvalue weighted by molar-refractivity contribution is 7.99. The molecule has 1 aliphatic rings. The second-order valence-corrected chi connectivity index (χ2v) is 9.36. The summed E-state index contributed by atoms with van der Waals surface area (Å²) in [5, 5.41) is 11.3. The first kappa shape index (κ1) is 23.5. The van der Waals surface area contributed by atoms with E-state index < -0.39 is 6.04 Å². The number of amides is 1. The standard InChI is InChI=1S/C23H32N4O3S/c1-27(2)15-16-31-23-26-25-22(30-23)20(28)19(14-13-17-9-5-3-6-10-17)24-21(29)18-11-7-4-8-12-18/h3,5-6,9-10,18-19H,4,7-8,11-16H2,1-2H3,(H,24,29). The average molecular weight is 445 g/mol. The summed E-state index contributed by atoms with van der Waals surface area (Å²) >= 11 is 1.42. The van der Waals surface area contributed by atoms with Crippen molar-refractivity contribution in [2.45, 2.75) is 56.2 Å². The van der Waals surface area contributed by atoms with Gasteiger partial charge in [0.25, 0.3) is 11.1 Å². The molecule has 168 valence electrons. The van der Waals surface area contributed by atoms with Crippen LogP contribution in [0.15, 0.2) is 40.0 Å². The first-order chi connectivity index (χ1) is 15.0. The van der Waals surface area contributed by atoms with Gasteiger partial charge in [0, 0.05) is 18.2 Å². The van der Waals surface area contributed by atoms with Gasteiger partial charge in [-0.1, -0.05) is 61.4 Å². The molecule has 0 aliphatic heterocycles. The predicted molar refractivity (Wildman–Crippen MR) is 121 cm³/mol. The van der Waals surface area contributed by atoms with Crippen molar-refractivity contribution in [3.63, 3.8) is 0 Å². The van der Waals surface area contributed by atoms with E-state index in [2.05, 4.69) is 20.4 Å². The van der Waals surface area contributed by atoms with Gasteiger partial charge in [-0.05, 0) is 45.3 Å². The van der Waals surface area contributed by atoms with Crippen molar-refractivity contribution in [1.29, 1.82) is 0 Å². The van der Waals surface area contributed by atoms with E-state index in [1.165, 1.54) is 18.2 Å². The molecule has 0 spiro atoms. The molecule has 31 heavy (non-hydrogen) atoms. The number of nitrogens with zero attached hydrogens (tertiary/aromatic N) is 3. The minimum absolute atomic E-state index is 0.0133. The van der Waals surface area contributed by atoms with E-state index in [1.54, 1.807) is 0 Å². The lowest BCUT2D eigenvalue weighted by Crippen LogP contribution is -2.44. The number of aryl methyl sites for hydroxylation is 1. The number of Topliss-reactive ketones (excluding diaryl/α,β-unsaturated/α-hetero) is 1. The van der Waals surface area contributed by atoms with Gasteiger partial charge in [-0.25, -0.2) is 0 Å². The van der Waals surface area contributed by atoms with Crippen LogP contribution in [0.1, 0.15) is 54.8 Å². The minimum Gasteiger partial charge on any atom is -0.408 e. The predicted octanol–water partition coefficient (Wildman–Crippen LogP) is 3.60. The Labute approximate surface area is 188 Å². The van der Waals surface area contributed by atoms with Crippen molar-refractivity contribution in [3.8, 4) is 0 Å². The molecule has 1 atom stereocenters. The molecule has 1 amide bonds. The molecular weight excluding hydrogens is 412 g/mol. The van der Waals surface area contributed by atoms with Gasteiger partial charge in [-0.15, -0.1) is 10.2 Å². The normalized spacial score (nSPS) is 15.7. The monoisotopic (exact) mass is 444 g/mol. The molecule has 8 heteroatoms. The number of ketones is 1. The van der Waals surface area contributed by atoms with E-state index in [1.807, 2.05) is 44.4 Å². The van der Waals surface area contributed by atoms with Crippen LogP contribution in [0, 0.1) is 5.92 Å². The zero-order valence-corrected chi connectivity index (χ0v) is 19.2. The maximum Gasteiger partial charge on any atom is 0.286 e. The van der Waals surface area contributed by atoms with E-state index in [9.17, 15) is 9.59 Å². The molecule has 0 bridgehead atoms. The van der Waals surface area contributed by atoms with Crippen LogP contribution in [-0.4, -0.2) is 59.2 Å². The smallest absolute Gasteiger partial charge is 0.286 e. The summed E-state index contributed by atoms with van der Waals surface area (Å²) in [4.78, 5) is 28.0. The van der Waals surface area contributed by atoms with Crippen LogP contribution in [0.4, 0.5) is 0 Å². The van der Waals surface area contributed by atoms with Crippen LogP contribution in [0.25, 0.3) is 0 Å². The molecule has 1 aromatic carbocycles. The second-order valence-electron chi connectivity index (χ2n) is 8.31. The summed E-state index contributed by atoms with van der Waals surface area (Å²) < 4.78 is 5.61. The molecule has 1 N–H and O–H groups in total. The van der Waals surface area contributed by atoms with Gasteiger partial charge in [0.2, 0.25) is 11.7 Å². The number of hydrogen-bond acceptors (Lipinski definition) is 7. The van der Waals surface area contributed by atoms with Gasteiger partial charge in [0.05, 0.1) is 6.04 Å². The molecule has 7 nitrogen and oxygen atoms in total. The van der Waals surface area contributed by atoms with Crippen LogP contribution in [0.2, 0.25) is 0 Å². The van der Waals surface area contributed by atoms with Crippen LogP contribution in [0.3, 0.4) is 0 Å². The largest absolute Gasteiger partial charge is 0.408 e. The Morgan fingerprint density at radius 1 is 1.16 bits per heavy atom. The van der Waals surface area contributed by atoms with Crippen LogP contribution < -0.4 is 5.32 Å². The molecule has 1 heterocycles. The number of carbonyl (C=O) groups excluding carboxylic acids is 2. The van der Waals surface area contributed by atoms with Gasteiger partial charge in [-0.3, -0.25) is 9.59 Å². The van der Waals surface area contributed by atoms with Crippen LogP contribution >= 0.6 is 11.8 Å². The number of benzene rings is 1. The number of rotatable bonds is 11. The Morgan fingerprint density at radius 2 is 1.90 bits per heavy atom. The topological polar surface area (TPSA) is 88.3 Å². The zero-order valence-electron chi connectivity index (χ0n) is 18.4. The maximum atomic E-state index is 13.2. The van der Waals surface area contributed by atoms with Crippen molar-refractivity contribution in [3.05, 3.63) is 41.8 Å². The lowest BCUT2D eigenvalue weighted by molar-refractivity contribution is -0.126. The molecule has 1 aliphatic carbocycles. The SMILES string of the molecule is CN(C)CCSc1nnc(C(=O)C(CCc2ccccc2)NC(=O)C2CCCCC2)o1. The lowest BCUT2D eigenvalue weighted by Gasteiger charge is -2.24. The Kier molecular flexibility index (Phi) is 9.09. The van der Waals surface area contributed by atoms with Gasteiger partial charge in [0.1, 0.15) is 0 Å². The van der Waals surface area contributed by atoms with E-state index in [0.29, 0.717) is 18.1 Å². The van der Waals surface area contributed by atoms with Gasteiger partial charge in [0.15, 0.2) is 0 Å².